The molecule has 1 aromatic rings. The molecule has 0 aliphatic rings. The van der Waals surface area contributed by atoms with Gasteiger partial charge in [0.15, 0.2) is 0 Å². The molecule has 1 atom stereocenters. The van der Waals surface area contributed by atoms with Crippen molar-refractivity contribution < 1.29 is 1.37 Å². The number of nitrogens with one attached hydrogen (secondary N) is 1. The van der Waals surface area contributed by atoms with Gasteiger partial charge in [-0.2, -0.15) is 0 Å². The number of likely N-dealkylation sites (N-methyl/N-ethyl adjacent to an activating group) is 1. The highest BCUT2D eigenvalue weighted by atomic mass is 14.9. The van der Waals surface area contributed by atoms with Crippen LogP contribution in [-0.2, 0) is 0 Å². The molecule has 0 saturated heterocycles. The topological polar surface area (TPSA) is 12.0 Å². The van der Waals surface area contributed by atoms with Crippen LogP contribution in [0.25, 0.3) is 5.57 Å². The molecule has 1 nitrogen and oxygen atoms in total. The summed E-state index contributed by atoms with van der Waals surface area (Å²) in [5.41, 5.74) is 2.13. The summed E-state index contributed by atoms with van der Waals surface area (Å²) in [7, 11) is 1.90. The van der Waals surface area contributed by atoms with Gasteiger partial charge in [0.05, 0.1) is 1.37 Å². The first-order valence-electron chi connectivity index (χ1n) is 4.68. The maximum absolute atomic E-state index is 7.33. The highest BCUT2D eigenvalue weighted by Gasteiger charge is 2.04. The number of rotatable bonds is 3. The maximum Gasteiger partial charge on any atom is 0.0541 e. The van der Waals surface area contributed by atoms with Gasteiger partial charge in [-0.15, -0.1) is 0 Å². The zero-order valence-electron chi connectivity index (χ0n) is 8.54. The summed E-state index contributed by atoms with van der Waals surface area (Å²) in [6.07, 6.45) is 0. The van der Waals surface area contributed by atoms with Crippen molar-refractivity contribution in [2.24, 2.45) is 0 Å². The van der Waals surface area contributed by atoms with E-state index in [-0.39, 0.29) is 6.04 Å². The summed E-state index contributed by atoms with van der Waals surface area (Å²) in [6.45, 7) is 3.46. The Kier molecular flexibility index (Phi) is 2.57. The standard InChI is InChI=1S/C11H15N/c1-9(10(2)12-3)11-7-5-4-6-8-11/h4-8,10,12H,1H2,2-3H3/t10-/m1/s1/i1D. The van der Waals surface area contributed by atoms with Crippen molar-refractivity contribution in [1.29, 1.82) is 0 Å². The molecule has 1 heteroatoms. The van der Waals surface area contributed by atoms with Crippen LogP contribution in [0.5, 0.6) is 0 Å². The van der Waals surface area contributed by atoms with Crippen LogP contribution in [0.2, 0.25) is 0 Å². The molecule has 0 radical (unpaired) electrons. The van der Waals surface area contributed by atoms with E-state index in [9.17, 15) is 0 Å². The number of hydrogen-bond acceptors (Lipinski definition) is 1. The van der Waals surface area contributed by atoms with E-state index in [2.05, 4.69) is 5.32 Å². The average Bonchev–Trinajstić information content (AvgIpc) is 2.20. The van der Waals surface area contributed by atoms with Gasteiger partial charge in [0.2, 0.25) is 0 Å². The molecule has 1 N–H and O–H groups in total. The molecule has 0 saturated carbocycles. The summed E-state index contributed by atoms with van der Waals surface area (Å²) < 4.78 is 7.33. The minimum atomic E-state index is 0.222. The Balaban J connectivity index is 2.93. The van der Waals surface area contributed by atoms with E-state index in [4.69, 9.17) is 1.37 Å². The predicted octanol–water partition coefficient (Wildman–Crippen LogP) is 2.31. The van der Waals surface area contributed by atoms with E-state index in [1.165, 1.54) is 6.55 Å². The second-order valence-corrected chi connectivity index (χ2v) is 2.83. The van der Waals surface area contributed by atoms with Gasteiger partial charge < -0.3 is 5.32 Å². The lowest BCUT2D eigenvalue weighted by Crippen LogP contribution is -2.21. The smallest absolute Gasteiger partial charge is 0.0541 e. The molecular weight excluding hydrogens is 146 g/mol. The van der Waals surface area contributed by atoms with Crippen LogP contribution in [0, 0.1) is 0 Å². The summed E-state index contributed by atoms with van der Waals surface area (Å²) in [5, 5.41) is 3.13. The molecule has 1 rings (SSSR count). The van der Waals surface area contributed by atoms with Crippen LogP contribution in [-0.4, -0.2) is 13.1 Å². The fourth-order valence-electron chi connectivity index (χ4n) is 1.04. The molecule has 1 aromatic carbocycles. The average molecular weight is 162 g/mol. The lowest BCUT2D eigenvalue weighted by atomic mass is 10.0. The zero-order valence-corrected chi connectivity index (χ0v) is 7.54. The van der Waals surface area contributed by atoms with Gasteiger partial charge in [-0.3, -0.25) is 0 Å². The molecule has 0 aliphatic heterocycles. The van der Waals surface area contributed by atoms with Crippen molar-refractivity contribution >= 4 is 5.57 Å². The first-order chi connectivity index (χ1) is 6.29. The van der Waals surface area contributed by atoms with Crippen LogP contribution >= 0.6 is 0 Å². The third-order valence-electron chi connectivity index (χ3n) is 2.01. The van der Waals surface area contributed by atoms with Gasteiger partial charge in [0.1, 0.15) is 0 Å². The van der Waals surface area contributed by atoms with Gasteiger partial charge in [0.25, 0.3) is 0 Å². The van der Waals surface area contributed by atoms with E-state index in [0.717, 1.165) is 11.1 Å². The highest BCUT2D eigenvalue weighted by molar-refractivity contribution is 5.66. The highest BCUT2D eigenvalue weighted by Crippen LogP contribution is 2.14. The van der Waals surface area contributed by atoms with E-state index in [0.29, 0.717) is 0 Å². The fraction of sp³-hybridized carbons (Fsp3) is 0.273. The molecule has 0 amide bonds. The molecule has 0 aromatic heterocycles. The summed E-state index contributed by atoms with van der Waals surface area (Å²) in [6, 6.07) is 10.2. The van der Waals surface area contributed by atoms with Crippen molar-refractivity contribution in [2.45, 2.75) is 13.0 Å². The Morgan fingerprint density at radius 1 is 1.50 bits per heavy atom. The Hall–Kier alpha value is -1.08. The normalized spacial score (nSPS) is 15.5. The molecule has 0 heterocycles. The van der Waals surface area contributed by atoms with Crippen LogP contribution in [0.15, 0.2) is 36.9 Å². The summed E-state index contributed by atoms with van der Waals surface area (Å²) >= 11 is 0. The van der Waals surface area contributed by atoms with Crippen LogP contribution < -0.4 is 5.32 Å². The van der Waals surface area contributed by atoms with E-state index >= 15 is 0 Å². The Bertz CT molecular complexity index is 279. The SMILES string of the molecule is [2H]C=C(c1ccccc1)[C@@H](C)NC. The second-order valence-electron chi connectivity index (χ2n) is 2.83. The number of benzene rings is 1. The Morgan fingerprint density at radius 2 is 2.17 bits per heavy atom. The maximum atomic E-state index is 7.33. The Labute approximate surface area is 75.5 Å². The molecule has 64 valence electrons. The second kappa shape index (κ2) is 4.07. The Morgan fingerprint density at radius 3 is 2.67 bits per heavy atom. The third-order valence-corrected chi connectivity index (χ3v) is 2.01. The molecule has 0 unspecified atom stereocenters. The molecule has 0 aliphatic carbocycles. The first kappa shape index (κ1) is 7.56. The molecule has 0 bridgehead atoms. The summed E-state index contributed by atoms with van der Waals surface area (Å²) in [5.74, 6) is 0. The monoisotopic (exact) mass is 162 g/mol. The van der Waals surface area contributed by atoms with Crippen molar-refractivity contribution in [3.63, 3.8) is 0 Å². The molecule has 0 spiro atoms. The minimum Gasteiger partial charge on any atom is -0.313 e. The third kappa shape index (κ3) is 1.95. The van der Waals surface area contributed by atoms with Gasteiger partial charge in [-0.25, -0.2) is 0 Å². The summed E-state index contributed by atoms with van der Waals surface area (Å²) in [4.78, 5) is 0. The fourth-order valence-corrected chi connectivity index (χ4v) is 1.04. The largest absolute Gasteiger partial charge is 0.313 e. The molecule has 12 heavy (non-hydrogen) atoms. The van der Waals surface area contributed by atoms with E-state index in [1.807, 2.05) is 44.3 Å². The lowest BCUT2D eigenvalue weighted by Gasteiger charge is -2.13. The zero-order chi connectivity index (χ0) is 9.68. The van der Waals surface area contributed by atoms with E-state index < -0.39 is 0 Å². The van der Waals surface area contributed by atoms with Crippen molar-refractivity contribution in [2.75, 3.05) is 7.05 Å². The van der Waals surface area contributed by atoms with Gasteiger partial charge in [-0.05, 0) is 25.1 Å². The number of hydrogen-bond donors (Lipinski definition) is 1. The van der Waals surface area contributed by atoms with E-state index in [1.54, 1.807) is 0 Å². The van der Waals surface area contributed by atoms with Crippen molar-refractivity contribution in [1.82, 2.24) is 5.32 Å². The van der Waals surface area contributed by atoms with Gasteiger partial charge in [0, 0.05) is 6.04 Å². The first-order valence-corrected chi connectivity index (χ1v) is 4.10. The van der Waals surface area contributed by atoms with Gasteiger partial charge >= 0.3 is 0 Å². The van der Waals surface area contributed by atoms with Crippen LogP contribution in [0.1, 0.15) is 13.9 Å². The van der Waals surface area contributed by atoms with Crippen LogP contribution in [0.3, 0.4) is 0 Å². The lowest BCUT2D eigenvalue weighted by molar-refractivity contribution is 0.746. The molecular formula is C11H15N. The van der Waals surface area contributed by atoms with Crippen LogP contribution in [0.4, 0.5) is 0 Å². The van der Waals surface area contributed by atoms with Gasteiger partial charge in [-0.1, -0.05) is 36.9 Å². The molecule has 0 fully saturated rings. The minimum absolute atomic E-state index is 0.222. The van der Waals surface area contributed by atoms with Crippen molar-refractivity contribution in [3.05, 3.63) is 42.5 Å². The predicted molar refractivity (Wildman–Crippen MR) is 54.0 cm³/mol. The quantitative estimate of drug-likeness (QED) is 0.719. The van der Waals surface area contributed by atoms with Crippen molar-refractivity contribution in [3.8, 4) is 0 Å².